The van der Waals surface area contributed by atoms with E-state index in [0.29, 0.717) is 16.3 Å². The highest BCUT2D eigenvalue weighted by Gasteiger charge is 2.16. The molecule has 0 atom stereocenters. The van der Waals surface area contributed by atoms with E-state index in [1.807, 2.05) is 19.9 Å². The molecule has 3 rings (SSSR count). The van der Waals surface area contributed by atoms with Crippen molar-refractivity contribution in [1.82, 2.24) is 15.2 Å². The molecule has 2 heterocycles. The van der Waals surface area contributed by atoms with E-state index in [1.165, 1.54) is 36.4 Å². The van der Waals surface area contributed by atoms with Gasteiger partial charge < -0.3 is 5.32 Å². The van der Waals surface area contributed by atoms with Crippen LogP contribution in [-0.4, -0.2) is 35.3 Å². The smallest absolute Gasteiger partial charge is 0.263 e. The van der Waals surface area contributed by atoms with Crippen molar-refractivity contribution < 1.29 is 13.2 Å². The molecule has 0 fully saturated rings. The highest BCUT2D eigenvalue weighted by Crippen LogP contribution is 2.24. The number of thioether (sulfide) groups is 1. The zero-order valence-corrected chi connectivity index (χ0v) is 19.3. The minimum Gasteiger partial charge on any atom is -0.325 e. The summed E-state index contributed by atoms with van der Waals surface area (Å²) in [5.41, 5.74) is 2.44. The fraction of sp³-hybridized carbons (Fsp3) is 0.150. The molecule has 1 amide bonds. The van der Waals surface area contributed by atoms with Gasteiger partial charge in [-0.15, -0.1) is 10.2 Å². The summed E-state index contributed by atoms with van der Waals surface area (Å²) >= 11 is 6.80. The first-order chi connectivity index (χ1) is 15.2. The molecule has 0 aliphatic rings. The Balaban J connectivity index is 1.62. The van der Waals surface area contributed by atoms with Gasteiger partial charge in [0.1, 0.15) is 11.1 Å². The first-order valence-electron chi connectivity index (χ1n) is 9.11. The summed E-state index contributed by atoms with van der Waals surface area (Å²) in [7, 11) is -3.88. The number of nitrogens with one attached hydrogen (secondary N) is 2. The molecule has 2 aromatic heterocycles. The second-order valence-corrected chi connectivity index (χ2v) is 9.61. The fourth-order valence-corrected chi connectivity index (χ4v) is 4.66. The standard InChI is InChI=1S/C20H17ClN6O3S2/c1-12-9-13(2)23-20(16(12)10-22)31-11-19(28)24-14-3-5-15(6-4-14)32(29,30)27-18-8-7-17(21)25-26-18/h3-9H,11H2,1-2H3,(H,24,28)(H,26,27). The molecule has 1 aromatic carbocycles. The van der Waals surface area contributed by atoms with Crippen LogP contribution in [0, 0.1) is 25.2 Å². The van der Waals surface area contributed by atoms with Gasteiger partial charge in [-0.2, -0.15) is 5.26 Å². The minimum absolute atomic E-state index is 0.0141. The van der Waals surface area contributed by atoms with Crippen molar-refractivity contribution in [2.24, 2.45) is 0 Å². The Morgan fingerprint density at radius 2 is 1.88 bits per heavy atom. The molecular weight excluding hydrogens is 472 g/mol. The third-order valence-electron chi connectivity index (χ3n) is 4.08. The number of nitriles is 1. The highest BCUT2D eigenvalue weighted by molar-refractivity contribution is 8.00. The van der Waals surface area contributed by atoms with Crippen LogP contribution in [0.25, 0.3) is 0 Å². The van der Waals surface area contributed by atoms with Gasteiger partial charge in [0.25, 0.3) is 10.0 Å². The second kappa shape index (κ2) is 9.95. The Hall–Kier alpha value is -3.20. The van der Waals surface area contributed by atoms with Crippen molar-refractivity contribution in [3.63, 3.8) is 0 Å². The number of hydrogen-bond donors (Lipinski definition) is 2. The molecule has 0 unspecified atom stereocenters. The van der Waals surface area contributed by atoms with Gasteiger partial charge in [-0.05, 0) is 61.9 Å². The molecule has 0 bridgehead atoms. The number of benzene rings is 1. The fourth-order valence-electron chi connectivity index (χ4n) is 2.66. The summed E-state index contributed by atoms with van der Waals surface area (Å²) in [5, 5.41) is 19.9. The molecule has 3 aromatic rings. The SMILES string of the molecule is Cc1cc(C)c(C#N)c(SCC(=O)Nc2ccc(S(=O)(=O)Nc3ccc(Cl)nn3)cc2)n1. The van der Waals surface area contributed by atoms with E-state index in [0.717, 1.165) is 23.0 Å². The molecule has 2 N–H and O–H groups in total. The molecule has 0 spiro atoms. The third kappa shape index (κ3) is 5.94. The van der Waals surface area contributed by atoms with Gasteiger partial charge in [0.2, 0.25) is 5.91 Å². The van der Waals surface area contributed by atoms with E-state index in [1.54, 1.807) is 0 Å². The van der Waals surface area contributed by atoms with Crippen molar-refractivity contribution in [2.45, 2.75) is 23.8 Å². The van der Waals surface area contributed by atoms with E-state index in [4.69, 9.17) is 11.6 Å². The van der Waals surface area contributed by atoms with Crippen LogP contribution in [0.1, 0.15) is 16.8 Å². The topological polar surface area (TPSA) is 138 Å². The van der Waals surface area contributed by atoms with Gasteiger partial charge in [-0.3, -0.25) is 9.52 Å². The lowest BCUT2D eigenvalue weighted by atomic mass is 10.1. The molecular formula is C20H17ClN6O3S2. The molecule has 9 nitrogen and oxygen atoms in total. The number of aromatic nitrogens is 3. The molecule has 0 aliphatic heterocycles. The summed E-state index contributed by atoms with van der Waals surface area (Å²) in [6, 6.07) is 12.4. The van der Waals surface area contributed by atoms with Crippen molar-refractivity contribution >= 4 is 50.8 Å². The molecule has 164 valence electrons. The van der Waals surface area contributed by atoms with Crippen molar-refractivity contribution in [3.05, 3.63) is 64.4 Å². The summed E-state index contributed by atoms with van der Waals surface area (Å²) in [6.45, 7) is 3.64. The number of nitrogens with zero attached hydrogens (tertiary/aromatic N) is 4. The number of rotatable bonds is 7. The normalized spacial score (nSPS) is 10.9. The van der Waals surface area contributed by atoms with Crippen LogP contribution in [0.3, 0.4) is 0 Å². The minimum atomic E-state index is -3.88. The second-order valence-electron chi connectivity index (χ2n) is 6.58. The van der Waals surface area contributed by atoms with Crippen LogP contribution in [0.2, 0.25) is 5.15 Å². The zero-order chi connectivity index (χ0) is 23.3. The molecule has 0 saturated heterocycles. The maximum absolute atomic E-state index is 12.5. The Bertz CT molecular complexity index is 1290. The Morgan fingerprint density at radius 1 is 1.16 bits per heavy atom. The zero-order valence-electron chi connectivity index (χ0n) is 17.0. The third-order valence-corrected chi connectivity index (χ3v) is 6.63. The molecule has 12 heteroatoms. The van der Waals surface area contributed by atoms with E-state index >= 15 is 0 Å². The van der Waals surface area contributed by atoms with E-state index < -0.39 is 10.0 Å². The number of halogens is 1. The average Bonchev–Trinajstić information content (AvgIpc) is 2.74. The van der Waals surface area contributed by atoms with Crippen molar-refractivity contribution in [2.75, 3.05) is 15.8 Å². The first kappa shape index (κ1) is 23.5. The van der Waals surface area contributed by atoms with Crippen LogP contribution >= 0.6 is 23.4 Å². The van der Waals surface area contributed by atoms with Crippen LogP contribution in [0.5, 0.6) is 0 Å². The Kier molecular flexibility index (Phi) is 7.29. The predicted molar refractivity (Wildman–Crippen MR) is 122 cm³/mol. The largest absolute Gasteiger partial charge is 0.325 e. The lowest BCUT2D eigenvalue weighted by molar-refractivity contribution is -0.113. The number of pyridine rings is 1. The summed E-state index contributed by atoms with van der Waals surface area (Å²) in [4.78, 5) is 16.6. The van der Waals surface area contributed by atoms with Crippen LogP contribution in [-0.2, 0) is 14.8 Å². The summed E-state index contributed by atoms with van der Waals surface area (Å²) in [5.74, 6) is -0.243. The number of carbonyl (C=O) groups excluding carboxylic acids is 1. The average molecular weight is 489 g/mol. The molecule has 32 heavy (non-hydrogen) atoms. The quantitative estimate of drug-likeness (QED) is 0.481. The van der Waals surface area contributed by atoms with Gasteiger partial charge >= 0.3 is 0 Å². The van der Waals surface area contributed by atoms with Gasteiger partial charge in [0.05, 0.1) is 16.2 Å². The molecule has 0 radical (unpaired) electrons. The summed E-state index contributed by atoms with van der Waals surface area (Å²) < 4.78 is 27.2. The lowest BCUT2D eigenvalue weighted by Gasteiger charge is -2.09. The van der Waals surface area contributed by atoms with Gasteiger partial charge in [0, 0.05) is 11.4 Å². The Morgan fingerprint density at radius 3 is 2.50 bits per heavy atom. The number of hydrogen-bond acceptors (Lipinski definition) is 8. The van der Waals surface area contributed by atoms with E-state index in [9.17, 15) is 18.5 Å². The number of aryl methyl sites for hydroxylation is 2. The van der Waals surface area contributed by atoms with Crippen LogP contribution in [0.15, 0.2) is 52.4 Å². The van der Waals surface area contributed by atoms with Gasteiger partial charge in [0.15, 0.2) is 11.0 Å². The van der Waals surface area contributed by atoms with Crippen molar-refractivity contribution in [3.8, 4) is 6.07 Å². The maximum Gasteiger partial charge on any atom is 0.263 e. The Labute approximate surface area is 194 Å². The number of anilines is 2. The van der Waals surface area contributed by atoms with E-state index in [-0.39, 0.29) is 27.5 Å². The number of sulfonamides is 1. The van der Waals surface area contributed by atoms with E-state index in [2.05, 4.69) is 31.3 Å². The van der Waals surface area contributed by atoms with Crippen molar-refractivity contribution in [1.29, 1.82) is 5.26 Å². The monoisotopic (exact) mass is 488 g/mol. The highest BCUT2D eigenvalue weighted by atomic mass is 35.5. The number of amides is 1. The van der Waals surface area contributed by atoms with Gasteiger partial charge in [-0.1, -0.05) is 23.4 Å². The summed E-state index contributed by atoms with van der Waals surface area (Å²) in [6.07, 6.45) is 0. The van der Waals surface area contributed by atoms with Crippen LogP contribution < -0.4 is 10.0 Å². The maximum atomic E-state index is 12.5. The first-order valence-corrected chi connectivity index (χ1v) is 12.0. The molecule has 0 aliphatic carbocycles. The molecule has 0 saturated carbocycles. The van der Waals surface area contributed by atoms with Gasteiger partial charge in [-0.25, -0.2) is 13.4 Å². The lowest BCUT2D eigenvalue weighted by Crippen LogP contribution is -2.16. The predicted octanol–water partition coefficient (Wildman–Crippen LogP) is 3.55. The van der Waals surface area contributed by atoms with Crippen LogP contribution in [0.4, 0.5) is 11.5 Å². The number of carbonyl (C=O) groups is 1.